The SMILES string of the molecule is CNC(=O)Nc1ccc(C#CCO)cc1C. The number of amides is 2. The molecule has 1 aromatic rings. The molecule has 0 bridgehead atoms. The minimum absolute atomic E-state index is 0.155. The molecule has 0 spiro atoms. The molecule has 0 unspecified atom stereocenters. The second-order valence-corrected chi connectivity index (χ2v) is 3.19. The number of nitrogens with one attached hydrogen (secondary N) is 2. The molecule has 0 atom stereocenters. The van der Waals surface area contributed by atoms with Crippen LogP contribution in [-0.4, -0.2) is 24.8 Å². The highest BCUT2D eigenvalue weighted by atomic mass is 16.2. The summed E-state index contributed by atoms with van der Waals surface area (Å²) in [7, 11) is 1.56. The van der Waals surface area contributed by atoms with Gasteiger partial charge in [0, 0.05) is 18.3 Å². The summed E-state index contributed by atoms with van der Waals surface area (Å²) in [5, 5.41) is 13.7. The van der Waals surface area contributed by atoms with Gasteiger partial charge in [-0.15, -0.1) is 0 Å². The Balaban J connectivity index is 2.87. The molecule has 4 nitrogen and oxygen atoms in total. The molecule has 0 saturated carbocycles. The van der Waals surface area contributed by atoms with Crippen LogP contribution in [0.4, 0.5) is 10.5 Å². The quantitative estimate of drug-likeness (QED) is 0.618. The fourth-order valence-electron chi connectivity index (χ4n) is 1.21. The summed E-state index contributed by atoms with van der Waals surface area (Å²) in [6, 6.07) is 5.18. The second-order valence-electron chi connectivity index (χ2n) is 3.19. The predicted octanol–water partition coefficient (Wildman–Crippen LogP) is 1.09. The fraction of sp³-hybridized carbons (Fsp3) is 0.250. The summed E-state index contributed by atoms with van der Waals surface area (Å²) in [6.07, 6.45) is 0. The van der Waals surface area contributed by atoms with Crippen LogP contribution in [0.3, 0.4) is 0 Å². The lowest BCUT2D eigenvalue weighted by Gasteiger charge is -2.07. The van der Waals surface area contributed by atoms with Gasteiger partial charge < -0.3 is 15.7 Å². The van der Waals surface area contributed by atoms with E-state index in [0.29, 0.717) is 0 Å². The van der Waals surface area contributed by atoms with Crippen LogP contribution < -0.4 is 10.6 Å². The van der Waals surface area contributed by atoms with E-state index in [0.717, 1.165) is 16.8 Å². The number of aliphatic hydroxyl groups is 1. The maximum absolute atomic E-state index is 11.1. The van der Waals surface area contributed by atoms with Gasteiger partial charge in [0.05, 0.1) is 0 Å². The third-order valence-corrected chi connectivity index (χ3v) is 2.01. The number of urea groups is 1. The highest BCUT2D eigenvalue weighted by molar-refractivity contribution is 5.89. The Morgan fingerprint density at radius 1 is 1.50 bits per heavy atom. The second kappa shape index (κ2) is 5.79. The summed E-state index contributed by atoms with van der Waals surface area (Å²) in [4.78, 5) is 11.1. The van der Waals surface area contributed by atoms with Crippen molar-refractivity contribution in [2.45, 2.75) is 6.92 Å². The number of rotatable bonds is 1. The predicted molar refractivity (Wildman–Crippen MR) is 63.2 cm³/mol. The molecule has 0 aliphatic rings. The minimum atomic E-state index is -0.253. The van der Waals surface area contributed by atoms with Gasteiger partial charge in [-0.25, -0.2) is 4.79 Å². The lowest BCUT2D eigenvalue weighted by atomic mass is 10.1. The Morgan fingerprint density at radius 2 is 2.25 bits per heavy atom. The van der Waals surface area contributed by atoms with Crippen molar-refractivity contribution in [3.63, 3.8) is 0 Å². The molecule has 0 aromatic heterocycles. The van der Waals surface area contributed by atoms with E-state index in [1.807, 2.05) is 13.0 Å². The fourth-order valence-corrected chi connectivity index (χ4v) is 1.21. The molecule has 4 heteroatoms. The van der Waals surface area contributed by atoms with Gasteiger partial charge in [0.15, 0.2) is 0 Å². The van der Waals surface area contributed by atoms with E-state index in [2.05, 4.69) is 22.5 Å². The summed E-state index contributed by atoms with van der Waals surface area (Å²) in [5.41, 5.74) is 2.48. The molecule has 3 N–H and O–H groups in total. The molecule has 0 radical (unpaired) electrons. The minimum Gasteiger partial charge on any atom is -0.384 e. The van der Waals surface area contributed by atoms with Gasteiger partial charge in [0.25, 0.3) is 0 Å². The number of aliphatic hydroxyl groups excluding tert-OH is 1. The first-order valence-corrected chi connectivity index (χ1v) is 4.86. The summed E-state index contributed by atoms with van der Waals surface area (Å²) < 4.78 is 0. The first-order valence-electron chi connectivity index (χ1n) is 4.86. The van der Waals surface area contributed by atoms with Crippen molar-refractivity contribution in [3.05, 3.63) is 29.3 Å². The molecular formula is C12H14N2O2. The van der Waals surface area contributed by atoms with E-state index < -0.39 is 0 Å². The first-order chi connectivity index (χ1) is 7.67. The topological polar surface area (TPSA) is 61.4 Å². The molecule has 0 aliphatic carbocycles. The number of carbonyl (C=O) groups is 1. The van der Waals surface area contributed by atoms with Crippen molar-refractivity contribution >= 4 is 11.7 Å². The molecule has 0 saturated heterocycles. The number of anilines is 1. The van der Waals surface area contributed by atoms with Crippen LogP contribution in [-0.2, 0) is 0 Å². The smallest absolute Gasteiger partial charge is 0.318 e. The van der Waals surface area contributed by atoms with Crippen molar-refractivity contribution in [1.82, 2.24) is 5.32 Å². The third-order valence-electron chi connectivity index (χ3n) is 2.01. The van der Waals surface area contributed by atoms with E-state index >= 15 is 0 Å². The van der Waals surface area contributed by atoms with E-state index in [9.17, 15) is 4.79 Å². The lowest BCUT2D eigenvalue weighted by molar-refractivity contribution is 0.254. The van der Waals surface area contributed by atoms with Crippen LogP contribution in [0.25, 0.3) is 0 Å². The monoisotopic (exact) mass is 218 g/mol. The number of carbonyl (C=O) groups excluding carboxylic acids is 1. The van der Waals surface area contributed by atoms with E-state index in [4.69, 9.17) is 5.11 Å². The molecule has 16 heavy (non-hydrogen) atoms. The molecule has 0 fully saturated rings. The van der Waals surface area contributed by atoms with Crippen molar-refractivity contribution in [3.8, 4) is 11.8 Å². The molecule has 1 rings (SSSR count). The molecule has 2 amide bonds. The van der Waals surface area contributed by atoms with Gasteiger partial charge in [-0.1, -0.05) is 11.8 Å². The van der Waals surface area contributed by atoms with Crippen LogP contribution in [0.15, 0.2) is 18.2 Å². The van der Waals surface area contributed by atoms with Gasteiger partial charge in [0.1, 0.15) is 6.61 Å². The highest BCUT2D eigenvalue weighted by Crippen LogP contribution is 2.15. The zero-order chi connectivity index (χ0) is 12.0. The number of hydrogen-bond donors (Lipinski definition) is 3. The van der Waals surface area contributed by atoms with Gasteiger partial charge in [-0.2, -0.15) is 0 Å². The average Bonchev–Trinajstić information content (AvgIpc) is 2.29. The van der Waals surface area contributed by atoms with Gasteiger partial charge in [0.2, 0.25) is 0 Å². The molecule has 0 heterocycles. The highest BCUT2D eigenvalue weighted by Gasteiger charge is 2.02. The zero-order valence-corrected chi connectivity index (χ0v) is 9.29. The standard InChI is InChI=1S/C12H14N2O2/c1-9-8-10(4-3-7-15)5-6-11(9)14-12(16)13-2/h5-6,8,15H,7H2,1-2H3,(H2,13,14,16). The zero-order valence-electron chi connectivity index (χ0n) is 9.29. The Bertz CT molecular complexity index is 444. The normalized spacial score (nSPS) is 8.94. The molecular weight excluding hydrogens is 204 g/mol. The Hall–Kier alpha value is -1.99. The van der Waals surface area contributed by atoms with Crippen LogP contribution in [0.1, 0.15) is 11.1 Å². The number of benzene rings is 1. The third kappa shape index (κ3) is 3.30. The largest absolute Gasteiger partial charge is 0.384 e. The average molecular weight is 218 g/mol. The van der Waals surface area contributed by atoms with Crippen LogP contribution >= 0.6 is 0 Å². The van der Waals surface area contributed by atoms with Crippen LogP contribution in [0.2, 0.25) is 0 Å². The van der Waals surface area contributed by atoms with Crippen molar-refractivity contribution in [2.24, 2.45) is 0 Å². The number of aryl methyl sites for hydroxylation is 1. The van der Waals surface area contributed by atoms with E-state index in [1.54, 1.807) is 19.2 Å². The maximum Gasteiger partial charge on any atom is 0.318 e. The Morgan fingerprint density at radius 3 is 2.81 bits per heavy atom. The van der Waals surface area contributed by atoms with Gasteiger partial charge in [-0.05, 0) is 30.7 Å². The van der Waals surface area contributed by atoms with Crippen LogP contribution in [0, 0.1) is 18.8 Å². The van der Waals surface area contributed by atoms with Crippen LogP contribution in [0.5, 0.6) is 0 Å². The summed E-state index contributed by atoms with van der Waals surface area (Å²) >= 11 is 0. The maximum atomic E-state index is 11.1. The molecule has 1 aromatic carbocycles. The lowest BCUT2D eigenvalue weighted by Crippen LogP contribution is -2.24. The Labute approximate surface area is 94.7 Å². The van der Waals surface area contributed by atoms with Gasteiger partial charge in [-0.3, -0.25) is 0 Å². The molecule has 84 valence electrons. The summed E-state index contributed by atoms with van der Waals surface area (Å²) in [5.74, 6) is 5.37. The van der Waals surface area contributed by atoms with Crippen molar-refractivity contribution in [1.29, 1.82) is 0 Å². The summed E-state index contributed by atoms with van der Waals surface area (Å²) in [6.45, 7) is 1.73. The van der Waals surface area contributed by atoms with Crippen molar-refractivity contribution in [2.75, 3.05) is 19.0 Å². The molecule has 0 aliphatic heterocycles. The van der Waals surface area contributed by atoms with E-state index in [-0.39, 0.29) is 12.6 Å². The van der Waals surface area contributed by atoms with E-state index in [1.165, 1.54) is 0 Å². The first kappa shape index (κ1) is 12.1. The van der Waals surface area contributed by atoms with Crippen molar-refractivity contribution < 1.29 is 9.90 Å². The number of hydrogen-bond acceptors (Lipinski definition) is 2. The Kier molecular flexibility index (Phi) is 4.37. The van der Waals surface area contributed by atoms with Gasteiger partial charge >= 0.3 is 6.03 Å².